The van der Waals surface area contributed by atoms with Crippen LogP contribution >= 0.6 is 15.9 Å². The van der Waals surface area contributed by atoms with Crippen LogP contribution in [-0.2, 0) is 16.0 Å². The lowest BCUT2D eigenvalue weighted by Gasteiger charge is -2.51. The van der Waals surface area contributed by atoms with Crippen LogP contribution in [0.5, 0.6) is 0 Å². The standard InChI is InChI=1S/C30H40BrN5O3/c1-2-19-36-27(37)26(10-6-7-18-32-29(39)33-25-13-11-24(31)12-14-25)34-28(38)30(36)16-21-35(22-17-30)20-15-23-8-4-3-5-9-23/h3-5,8-9,11-14,26H,2,6-7,10,15-22H2,1H3,(H,34,38)(H2,32,33,39)/t26-/m0/s1. The highest BCUT2D eigenvalue weighted by Gasteiger charge is 2.52. The Morgan fingerprint density at radius 1 is 1.03 bits per heavy atom. The number of nitrogens with one attached hydrogen (secondary N) is 3. The Labute approximate surface area is 240 Å². The Hall–Kier alpha value is -2.91. The first-order chi connectivity index (χ1) is 18.9. The Morgan fingerprint density at radius 3 is 2.44 bits per heavy atom. The van der Waals surface area contributed by atoms with Crippen LogP contribution in [0, 0.1) is 0 Å². The van der Waals surface area contributed by atoms with E-state index in [0.717, 1.165) is 55.5 Å². The van der Waals surface area contributed by atoms with Gasteiger partial charge in [-0.05, 0) is 74.8 Å². The number of carbonyl (C=O) groups excluding carboxylic acids is 3. The first-order valence-electron chi connectivity index (χ1n) is 14.1. The molecule has 4 rings (SSSR count). The summed E-state index contributed by atoms with van der Waals surface area (Å²) in [6.07, 6.45) is 5.17. The smallest absolute Gasteiger partial charge is 0.319 e. The van der Waals surface area contributed by atoms with Gasteiger partial charge < -0.3 is 25.8 Å². The summed E-state index contributed by atoms with van der Waals surface area (Å²) in [6.45, 7) is 5.74. The van der Waals surface area contributed by atoms with E-state index in [2.05, 4.69) is 68.0 Å². The Balaban J connectivity index is 1.23. The number of halogens is 1. The van der Waals surface area contributed by atoms with Gasteiger partial charge in [0.05, 0.1) is 0 Å². The number of piperazine rings is 1. The number of carbonyl (C=O) groups is 3. The summed E-state index contributed by atoms with van der Waals surface area (Å²) >= 11 is 3.38. The average Bonchev–Trinajstić information content (AvgIpc) is 2.95. The van der Waals surface area contributed by atoms with Gasteiger partial charge in [-0.2, -0.15) is 0 Å². The van der Waals surface area contributed by atoms with Crippen molar-refractivity contribution < 1.29 is 14.4 Å². The second kappa shape index (κ2) is 13.9. The van der Waals surface area contributed by atoms with Gasteiger partial charge in [-0.25, -0.2) is 4.79 Å². The highest BCUT2D eigenvalue weighted by Crippen LogP contribution is 2.34. The van der Waals surface area contributed by atoms with Crippen molar-refractivity contribution in [2.24, 2.45) is 0 Å². The summed E-state index contributed by atoms with van der Waals surface area (Å²) in [4.78, 5) is 43.4. The number of nitrogens with zero attached hydrogens (tertiary/aromatic N) is 2. The highest BCUT2D eigenvalue weighted by molar-refractivity contribution is 9.10. The molecule has 2 aromatic carbocycles. The molecule has 2 aliphatic rings. The van der Waals surface area contributed by atoms with Crippen LogP contribution in [0.2, 0.25) is 0 Å². The summed E-state index contributed by atoms with van der Waals surface area (Å²) < 4.78 is 0.950. The summed E-state index contributed by atoms with van der Waals surface area (Å²) in [7, 11) is 0. The zero-order chi connectivity index (χ0) is 27.7. The fourth-order valence-corrected chi connectivity index (χ4v) is 5.84. The van der Waals surface area contributed by atoms with Crippen molar-refractivity contribution >= 4 is 39.5 Å². The molecule has 0 aliphatic carbocycles. The minimum atomic E-state index is -0.737. The molecule has 39 heavy (non-hydrogen) atoms. The third-order valence-electron chi connectivity index (χ3n) is 7.81. The molecule has 2 aliphatic heterocycles. The van der Waals surface area contributed by atoms with Crippen LogP contribution < -0.4 is 16.0 Å². The molecule has 2 fully saturated rings. The molecule has 210 valence electrons. The second-order valence-electron chi connectivity index (χ2n) is 10.5. The van der Waals surface area contributed by atoms with Crippen molar-refractivity contribution in [2.75, 3.05) is 38.0 Å². The van der Waals surface area contributed by atoms with E-state index in [1.54, 1.807) is 0 Å². The number of anilines is 1. The predicted molar refractivity (Wildman–Crippen MR) is 158 cm³/mol. The van der Waals surface area contributed by atoms with Crippen molar-refractivity contribution in [3.05, 3.63) is 64.6 Å². The van der Waals surface area contributed by atoms with E-state index in [0.29, 0.717) is 32.4 Å². The van der Waals surface area contributed by atoms with Crippen LogP contribution in [0.15, 0.2) is 59.1 Å². The lowest BCUT2D eigenvalue weighted by molar-refractivity contribution is -0.161. The average molecular weight is 599 g/mol. The fourth-order valence-electron chi connectivity index (χ4n) is 5.58. The van der Waals surface area contributed by atoms with Gasteiger partial charge >= 0.3 is 6.03 Å². The Kier molecular flexibility index (Phi) is 10.4. The van der Waals surface area contributed by atoms with Gasteiger partial charge in [-0.3, -0.25) is 9.59 Å². The van der Waals surface area contributed by atoms with E-state index >= 15 is 0 Å². The molecule has 2 saturated heterocycles. The van der Waals surface area contributed by atoms with Crippen molar-refractivity contribution in [2.45, 2.75) is 63.5 Å². The van der Waals surface area contributed by atoms with Gasteiger partial charge in [0, 0.05) is 42.9 Å². The molecule has 9 heteroatoms. The van der Waals surface area contributed by atoms with Gasteiger partial charge in [0.25, 0.3) is 0 Å². The lowest BCUT2D eigenvalue weighted by atomic mass is 9.81. The third-order valence-corrected chi connectivity index (χ3v) is 8.33. The third kappa shape index (κ3) is 7.60. The fraction of sp³-hybridized carbons (Fsp3) is 0.500. The molecule has 2 heterocycles. The van der Waals surface area contributed by atoms with Crippen molar-refractivity contribution in [1.29, 1.82) is 0 Å². The van der Waals surface area contributed by atoms with E-state index in [9.17, 15) is 14.4 Å². The van der Waals surface area contributed by atoms with Crippen molar-refractivity contribution in [3.63, 3.8) is 0 Å². The van der Waals surface area contributed by atoms with E-state index < -0.39 is 11.6 Å². The normalized spacial score (nSPS) is 19.1. The predicted octanol–water partition coefficient (Wildman–Crippen LogP) is 4.56. The maximum atomic E-state index is 13.5. The molecule has 2 aromatic rings. The second-order valence-corrected chi connectivity index (χ2v) is 11.4. The molecule has 0 bridgehead atoms. The molecule has 0 radical (unpaired) electrons. The summed E-state index contributed by atoms with van der Waals surface area (Å²) in [5, 5.41) is 8.73. The van der Waals surface area contributed by atoms with Gasteiger partial charge in [0.1, 0.15) is 11.6 Å². The van der Waals surface area contributed by atoms with Crippen LogP contribution in [0.3, 0.4) is 0 Å². The number of likely N-dealkylation sites (tertiary alicyclic amines) is 1. The number of urea groups is 1. The summed E-state index contributed by atoms with van der Waals surface area (Å²) in [5.41, 5.74) is 1.30. The first kappa shape index (κ1) is 29.1. The molecule has 4 amide bonds. The minimum absolute atomic E-state index is 0.00439. The van der Waals surface area contributed by atoms with Crippen molar-refractivity contribution in [1.82, 2.24) is 20.4 Å². The molecular formula is C30H40BrN5O3. The van der Waals surface area contributed by atoms with Gasteiger partial charge in [0.15, 0.2) is 0 Å². The summed E-state index contributed by atoms with van der Waals surface area (Å²) in [6, 6.07) is 17.1. The number of hydrogen-bond donors (Lipinski definition) is 3. The number of piperidine rings is 1. The van der Waals surface area contributed by atoms with Crippen molar-refractivity contribution in [3.8, 4) is 0 Å². The quantitative estimate of drug-likeness (QED) is 0.331. The summed E-state index contributed by atoms with van der Waals surface area (Å²) in [5.74, 6) is 0.0328. The maximum absolute atomic E-state index is 13.5. The molecule has 3 N–H and O–H groups in total. The van der Waals surface area contributed by atoms with E-state index in [1.165, 1.54) is 5.56 Å². The number of amides is 4. The van der Waals surface area contributed by atoms with E-state index in [4.69, 9.17) is 0 Å². The topological polar surface area (TPSA) is 93.8 Å². The molecule has 8 nitrogen and oxygen atoms in total. The van der Waals surface area contributed by atoms with E-state index in [1.807, 2.05) is 35.2 Å². The Bertz CT molecular complexity index is 1100. The zero-order valence-corrected chi connectivity index (χ0v) is 24.3. The first-order valence-corrected chi connectivity index (χ1v) is 14.9. The SMILES string of the molecule is CCCN1C(=O)[C@H](CCCCNC(=O)Nc2ccc(Br)cc2)NC(=O)C12CCN(CCc1ccccc1)CC2. The largest absolute Gasteiger partial charge is 0.342 e. The molecule has 0 saturated carbocycles. The van der Waals surface area contributed by atoms with Gasteiger partial charge in [0.2, 0.25) is 11.8 Å². The highest BCUT2D eigenvalue weighted by atomic mass is 79.9. The van der Waals surface area contributed by atoms with Crippen LogP contribution in [-0.4, -0.2) is 71.9 Å². The monoisotopic (exact) mass is 597 g/mol. The zero-order valence-electron chi connectivity index (χ0n) is 22.8. The van der Waals surface area contributed by atoms with Crippen LogP contribution in [0.4, 0.5) is 10.5 Å². The Morgan fingerprint density at radius 2 is 1.74 bits per heavy atom. The molecule has 0 unspecified atom stereocenters. The van der Waals surface area contributed by atoms with Crippen LogP contribution in [0.1, 0.15) is 51.0 Å². The minimum Gasteiger partial charge on any atom is -0.342 e. The lowest BCUT2D eigenvalue weighted by Crippen LogP contribution is -2.72. The maximum Gasteiger partial charge on any atom is 0.319 e. The molecule has 1 spiro atoms. The van der Waals surface area contributed by atoms with Crippen LogP contribution in [0.25, 0.3) is 0 Å². The van der Waals surface area contributed by atoms with E-state index in [-0.39, 0.29) is 17.8 Å². The number of hydrogen-bond acceptors (Lipinski definition) is 4. The molecule has 0 aromatic heterocycles. The number of rotatable bonds is 11. The van der Waals surface area contributed by atoms with Gasteiger partial charge in [-0.1, -0.05) is 53.2 Å². The molecule has 1 atom stereocenters. The van der Waals surface area contributed by atoms with Gasteiger partial charge in [-0.15, -0.1) is 0 Å². The number of unbranched alkanes of at least 4 members (excludes halogenated alkanes) is 1. The molecular weight excluding hydrogens is 558 g/mol. The number of benzene rings is 2.